The Morgan fingerprint density at radius 1 is 1.48 bits per heavy atom. The van der Waals surface area contributed by atoms with Crippen molar-refractivity contribution in [3.8, 4) is 0 Å². The van der Waals surface area contributed by atoms with Gasteiger partial charge in [0.1, 0.15) is 0 Å². The first-order valence-corrected chi connectivity index (χ1v) is 8.20. The van der Waals surface area contributed by atoms with E-state index in [9.17, 15) is 9.59 Å². The highest BCUT2D eigenvalue weighted by molar-refractivity contribution is 5.80. The monoisotopic (exact) mass is 321 g/mol. The minimum atomic E-state index is -0.444. The van der Waals surface area contributed by atoms with Crippen LogP contribution < -0.4 is 11.1 Å². The summed E-state index contributed by atoms with van der Waals surface area (Å²) in [6, 6.07) is 1.60. The van der Waals surface area contributed by atoms with Crippen LogP contribution in [-0.2, 0) is 11.3 Å². The normalized spacial score (nSPS) is 19.4. The summed E-state index contributed by atoms with van der Waals surface area (Å²) >= 11 is 0. The van der Waals surface area contributed by atoms with Crippen molar-refractivity contribution in [2.75, 3.05) is 19.6 Å². The lowest BCUT2D eigenvalue weighted by Crippen LogP contribution is -2.47. The summed E-state index contributed by atoms with van der Waals surface area (Å²) in [4.78, 5) is 25.1. The fourth-order valence-electron chi connectivity index (χ4n) is 3.03. The van der Waals surface area contributed by atoms with E-state index in [1.807, 2.05) is 24.6 Å². The van der Waals surface area contributed by atoms with E-state index in [1.165, 1.54) is 0 Å². The number of carbonyl (C=O) groups is 2. The Bertz CT molecular complexity index is 569. The number of rotatable bonds is 5. The Morgan fingerprint density at radius 3 is 2.83 bits per heavy atom. The molecule has 0 aromatic carbocycles. The van der Waals surface area contributed by atoms with Gasteiger partial charge in [-0.15, -0.1) is 0 Å². The lowest BCUT2D eigenvalue weighted by molar-refractivity contribution is -0.126. The van der Waals surface area contributed by atoms with E-state index in [2.05, 4.69) is 17.3 Å². The Balaban J connectivity index is 1.79. The zero-order valence-electron chi connectivity index (χ0n) is 14.2. The molecule has 1 saturated heterocycles. The van der Waals surface area contributed by atoms with E-state index >= 15 is 0 Å². The zero-order valence-corrected chi connectivity index (χ0v) is 14.2. The maximum Gasteiger partial charge on any atom is 0.314 e. The van der Waals surface area contributed by atoms with Crippen LogP contribution >= 0.6 is 0 Å². The summed E-state index contributed by atoms with van der Waals surface area (Å²) in [6.45, 7) is 8.55. The molecule has 7 nitrogen and oxygen atoms in total. The molecule has 2 heterocycles. The van der Waals surface area contributed by atoms with Crippen LogP contribution in [0, 0.1) is 25.7 Å². The Hall–Kier alpha value is -2.05. The molecular formula is C16H27N5O2. The molecule has 128 valence electrons. The highest BCUT2D eigenvalue weighted by Gasteiger charge is 2.27. The van der Waals surface area contributed by atoms with Gasteiger partial charge in [-0.3, -0.25) is 9.48 Å². The number of nitrogens with two attached hydrogens (primary N) is 1. The summed E-state index contributed by atoms with van der Waals surface area (Å²) < 4.78 is 1.97. The van der Waals surface area contributed by atoms with Gasteiger partial charge in [0.2, 0.25) is 5.91 Å². The number of primary amides is 1. The van der Waals surface area contributed by atoms with Crippen molar-refractivity contribution in [1.29, 1.82) is 0 Å². The highest BCUT2D eigenvalue weighted by Crippen LogP contribution is 2.16. The van der Waals surface area contributed by atoms with Crippen LogP contribution in [0.15, 0.2) is 6.07 Å². The van der Waals surface area contributed by atoms with E-state index in [1.54, 1.807) is 4.90 Å². The molecule has 1 aromatic heterocycles. The molecule has 0 unspecified atom stereocenters. The maximum atomic E-state index is 12.3. The van der Waals surface area contributed by atoms with Crippen LogP contribution in [0.25, 0.3) is 0 Å². The number of urea groups is 1. The third-order valence-electron chi connectivity index (χ3n) is 4.32. The molecular weight excluding hydrogens is 294 g/mol. The maximum absolute atomic E-state index is 12.3. The molecule has 1 aliphatic heterocycles. The third-order valence-corrected chi connectivity index (χ3v) is 4.32. The van der Waals surface area contributed by atoms with Crippen LogP contribution in [-0.4, -0.2) is 46.3 Å². The lowest BCUT2D eigenvalue weighted by atomic mass is 9.97. The molecule has 0 aliphatic carbocycles. The van der Waals surface area contributed by atoms with E-state index in [0.29, 0.717) is 19.6 Å². The van der Waals surface area contributed by atoms with Crippen LogP contribution in [0.4, 0.5) is 4.79 Å². The van der Waals surface area contributed by atoms with Gasteiger partial charge in [0.25, 0.3) is 0 Å². The Labute approximate surface area is 137 Å². The van der Waals surface area contributed by atoms with Gasteiger partial charge in [0, 0.05) is 31.9 Å². The first-order valence-electron chi connectivity index (χ1n) is 8.20. The molecule has 3 N–H and O–H groups in total. The van der Waals surface area contributed by atoms with E-state index in [0.717, 1.165) is 30.8 Å². The van der Waals surface area contributed by atoms with Crippen molar-refractivity contribution < 1.29 is 9.59 Å². The standard InChI is InChI=1S/C16H27N5O2/c1-11(9-21-13(3)7-12(2)19-21)8-18-15(22)14-5-4-6-20(10-14)16(17)23/h7,11,14H,4-6,8-10H2,1-3H3,(H2,17,23)(H,18,22)/t11-,14+/m1/s1. The fourth-order valence-corrected chi connectivity index (χ4v) is 3.03. The quantitative estimate of drug-likeness (QED) is 0.848. The topological polar surface area (TPSA) is 93.3 Å². The molecule has 3 amide bonds. The van der Waals surface area contributed by atoms with Crippen LogP contribution in [0.1, 0.15) is 31.2 Å². The summed E-state index contributed by atoms with van der Waals surface area (Å²) in [5.74, 6) is 0.140. The Morgan fingerprint density at radius 2 is 2.22 bits per heavy atom. The van der Waals surface area contributed by atoms with Gasteiger partial charge >= 0.3 is 6.03 Å². The second-order valence-electron chi connectivity index (χ2n) is 6.58. The molecule has 1 aliphatic rings. The molecule has 1 aromatic rings. The van der Waals surface area contributed by atoms with Crippen LogP contribution in [0.3, 0.4) is 0 Å². The van der Waals surface area contributed by atoms with Gasteiger partial charge in [0.05, 0.1) is 11.6 Å². The van der Waals surface area contributed by atoms with E-state index < -0.39 is 6.03 Å². The lowest BCUT2D eigenvalue weighted by Gasteiger charge is -2.30. The minimum absolute atomic E-state index is 0.0103. The first kappa shape index (κ1) is 17.3. The number of aryl methyl sites for hydroxylation is 2. The van der Waals surface area contributed by atoms with Crippen LogP contribution in [0.5, 0.6) is 0 Å². The molecule has 0 spiro atoms. The molecule has 23 heavy (non-hydrogen) atoms. The molecule has 1 fully saturated rings. The molecule has 2 atom stereocenters. The first-order chi connectivity index (χ1) is 10.9. The fraction of sp³-hybridized carbons (Fsp3) is 0.688. The smallest absolute Gasteiger partial charge is 0.314 e. The molecule has 7 heteroatoms. The second-order valence-corrected chi connectivity index (χ2v) is 6.58. The average Bonchev–Trinajstić information content (AvgIpc) is 2.82. The highest BCUT2D eigenvalue weighted by atomic mass is 16.2. The summed E-state index contributed by atoms with van der Waals surface area (Å²) in [5.41, 5.74) is 7.44. The third kappa shape index (κ3) is 4.71. The van der Waals surface area contributed by atoms with E-state index in [-0.39, 0.29) is 17.7 Å². The summed E-state index contributed by atoms with van der Waals surface area (Å²) in [7, 11) is 0. The van der Waals surface area contributed by atoms with Crippen molar-refractivity contribution in [1.82, 2.24) is 20.0 Å². The van der Waals surface area contributed by atoms with E-state index in [4.69, 9.17) is 5.73 Å². The van der Waals surface area contributed by atoms with Gasteiger partial charge in [0.15, 0.2) is 0 Å². The van der Waals surface area contributed by atoms with Crippen LogP contribution in [0.2, 0.25) is 0 Å². The number of aromatic nitrogens is 2. The number of nitrogens with zero attached hydrogens (tertiary/aromatic N) is 3. The van der Waals surface area contributed by atoms with Crippen molar-refractivity contribution in [3.63, 3.8) is 0 Å². The van der Waals surface area contributed by atoms with Gasteiger partial charge < -0.3 is 16.0 Å². The van der Waals surface area contributed by atoms with Crippen molar-refractivity contribution in [3.05, 3.63) is 17.5 Å². The number of amides is 3. The number of carbonyl (C=O) groups excluding carboxylic acids is 2. The number of piperidine rings is 1. The minimum Gasteiger partial charge on any atom is -0.355 e. The molecule has 0 bridgehead atoms. The second kappa shape index (κ2) is 7.48. The number of likely N-dealkylation sites (tertiary alicyclic amines) is 1. The number of hydrogen-bond acceptors (Lipinski definition) is 3. The Kier molecular flexibility index (Phi) is 5.63. The van der Waals surface area contributed by atoms with Gasteiger partial charge in [-0.25, -0.2) is 4.79 Å². The number of nitrogens with one attached hydrogen (secondary N) is 1. The summed E-state index contributed by atoms with van der Waals surface area (Å²) in [6.07, 6.45) is 1.63. The molecule has 0 radical (unpaired) electrons. The SMILES string of the molecule is Cc1cc(C)n(C[C@H](C)CNC(=O)[C@H]2CCCN(C(N)=O)C2)n1. The molecule has 0 saturated carbocycles. The van der Waals surface area contributed by atoms with Crippen molar-refractivity contribution in [2.24, 2.45) is 17.6 Å². The van der Waals surface area contributed by atoms with Crippen molar-refractivity contribution in [2.45, 2.75) is 40.2 Å². The predicted octanol–water partition coefficient (Wildman–Crippen LogP) is 1.04. The zero-order chi connectivity index (χ0) is 17.0. The van der Waals surface area contributed by atoms with Crippen molar-refractivity contribution >= 4 is 11.9 Å². The predicted molar refractivity (Wildman–Crippen MR) is 87.8 cm³/mol. The van der Waals surface area contributed by atoms with Gasteiger partial charge in [-0.2, -0.15) is 5.10 Å². The van der Waals surface area contributed by atoms with Gasteiger partial charge in [-0.05, 0) is 38.7 Å². The number of hydrogen-bond donors (Lipinski definition) is 2. The summed E-state index contributed by atoms with van der Waals surface area (Å²) in [5, 5.41) is 7.44. The average molecular weight is 321 g/mol. The van der Waals surface area contributed by atoms with Gasteiger partial charge in [-0.1, -0.05) is 6.92 Å². The largest absolute Gasteiger partial charge is 0.355 e. The molecule has 2 rings (SSSR count).